The smallest absolute Gasteiger partial charge is 0.207 e. The quantitative estimate of drug-likeness (QED) is 0.573. The average Bonchev–Trinajstić information content (AvgIpc) is 3.14. The molecule has 28 heavy (non-hydrogen) atoms. The highest BCUT2D eigenvalue weighted by atomic mass is 16.6. The Morgan fingerprint density at radius 1 is 1.11 bits per heavy atom. The fourth-order valence-electron chi connectivity index (χ4n) is 4.45. The third kappa shape index (κ3) is 2.72. The van der Waals surface area contributed by atoms with E-state index >= 15 is 0 Å². The Labute approximate surface area is 162 Å². The lowest BCUT2D eigenvalue weighted by Gasteiger charge is -2.43. The molecule has 2 saturated carbocycles. The van der Waals surface area contributed by atoms with E-state index in [-0.39, 0.29) is 5.76 Å². The van der Waals surface area contributed by atoms with Gasteiger partial charge >= 0.3 is 0 Å². The predicted octanol–water partition coefficient (Wildman–Crippen LogP) is 1.86. The lowest BCUT2D eigenvalue weighted by Crippen LogP contribution is -2.42. The molecule has 2 aromatic rings. The number of nitrogens with zero attached hydrogens (tertiary/aromatic N) is 4. The fraction of sp³-hybridized carbons (Fsp3) is 0.632. The van der Waals surface area contributed by atoms with Crippen LogP contribution in [0.1, 0.15) is 44.8 Å². The third-order valence-electron chi connectivity index (χ3n) is 6.54. The molecule has 0 unspecified atom stereocenters. The van der Waals surface area contributed by atoms with E-state index in [1.54, 1.807) is 4.57 Å². The van der Waals surface area contributed by atoms with Crippen LogP contribution in [0.2, 0.25) is 0 Å². The molecule has 9 nitrogen and oxygen atoms in total. The minimum absolute atomic E-state index is 0.0817. The van der Waals surface area contributed by atoms with E-state index < -0.39 is 18.4 Å². The van der Waals surface area contributed by atoms with Crippen molar-refractivity contribution in [2.75, 3.05) is 5.32 Å². The second-order valence-corrected chi connectivity index (χ2v) is 8.07. The number of imidazole rings is 1. The minimum atomic E-state index is -1.30. The molecular formula is C19H25N5O4. The van der Waals surface area contributed by atoms with Crippen LogP contribution in [0.15, 0.2) is 24.7 Å². The number of aromatic nitrogens is 4. The highest BCUT2D eigenvalue weighted by Gasteiger charge is 2.42. The maximum absolute atomic E-state index is 10.3. The molecule has 0 spiro atoms. The molecule has 5 rings (SSSR count). The molecule has 3 heterocycles. The van der Waals surface area contributed by atoms with Crippen molar-refractivity contribution in [2.24, 2.45) is 11.8 Å². The van der Waals surface area contributed by atoms with E-state index in [0.29, 0.717) is 41.1 Å². The number of rotatable bonds is 5. The van der Waals surface area contributed by atoms with Crippen molar-refractivity contribution in [1.82, 2.24) is 19.5 Å². The standard InChI is InChI=1S/C19H25N5O4/c25-7-12-15(26)16(27)19(28-12)24-9-22-14-17(20-8-21-18(14)24)23-13(10-3-1-4-10)11-5-2-6-11/h7-11,13,15-16,19,25-27H,1-6H2,(H,20,21,23)/b12-7+/t15-,16-,19-/m1/s1. The van der Waals surface area contributed by atoms with Gasteiger partial charge in [-0.3, -0.25) is 4.57 Å². The topological polar surface area (TPSA) is 126 Å². The molecule has 1 saturated heterocycles. The lowest BCUT2D eigenvalue weighted by atomic mass is 9.68. The van der Waals surface area contributed by atoms with Gasteiger partial charge in [0.1, 0.15) is 31.1 Å². The molecule has 2 aliphatic carbocycles. The van der Waals surface area contributed by atoms with Gasteiger partial charge in [-0.1, -0.05) is 12.8 Å². The van der Waals surface area contributed by atoms with Gasteiger partial charge in [-0.25, -0.2) is 15.0 Å². The summed E-state index contributed by atoms with van der Waals surface area (Å²) < 4.78 is 7.06. The number of aliphatic hydroxyl groups excluding tert-OH is 3. The summed E-state index contributed by atoms with van der Waals surface area (Å²) in [4.78, 5) is 13.2. The van der Waals surface area contributed by atoms with Gasteiger partial charge in [0.15, 0.2) is 22.7 Å². The fourth-order valence-corrected chi connectivity index (χ4v) is 4.45. The Morgan fingerprint density at radius 2 is 1.82 bits per heavy atom. The number of anilines is 1. The Balaban J connectivity index is 1.45. The van der Waals surface area contributed by atoms with Crippen LogP contribution < -0.4 is 5.32 Å². The Hall–Kier alpha value is -2.39. The minimum Gasteiger partial charge on any atom is -0.512 e. The van der Waals surface area contributed by atoms with Crippen molar-refractivity contribution < 1.29 is 20.1 Å². The molecule has 3 atom stereocenters. The van der Waals surface area contributed by atoms with Crippen molar-refractivity contribution in [3.63, 3.8) is 0 Å². The van der Waals surface area contributed by atoms with Gasteiger partial charge in [-0.15, -0.1) is 0 Å². The number of ether oxygens (including phenoxy) is 1. The first-order valence-corrected chi connectivity index (χ1v) is 9.98. The zero-order chi connectivity index (χ0) is 19.3. The van der Waals surface area contributed by atoms with Crippen LogP contribution in [-0.2, 0) is 4.74 Å². The van der Waals surface area contributed by atoms with Gasteiger partial charge in [-0.2, -0.15) is 0 Å². The SMILES string of the molecule is O/C=C1/O[C@@H](n2cnc3c(NC(C4CCC4)C4CCC4)ncnc32)[C@H](O)[C@@H]1O. The van der Waals surface area contributed by atoms with Crippen molar-refractivity contribution in [3.8, 4) is 0 Å². The summed E-state index contributed by atoms with van der Waals surface area (Å²) in [6, 6.07) is 0.407. The summed E-state index contributed by atoms with van der Waals surface area (Å²) in [6.45, 7) is 0. The molecular weight excluding hydrogens is 362 g/mol. The Kier molecular flexibility index (Phi) is 4.36. The van der Waals surface area contributed by atoms with Crippen molar-refractivity contribution >= 4 is 17.0 Å². The molecule has 1 aliphatic heterocycles. The predicted molar refractivity (Wildman–Crippen MR) is 100 cm³/mol. The van der Waals surface area contributed by atoms with E-state index in [1.165, 1.54) is 51.2 Å². The number of nitrogens with one attached hydrogen (secondary N) is 1. The van der Waals surface area contributed by atoms with Gasteiger partial charge < -0.3 is 25.4 Å². The average molecular weight is 387 g/mol. The van der Waals surface area contributed by atoms with Crippen LogP contribution >= 0.6 is 0 Å². The maximum atomic E-state index is 10.3. The van der Waals surface area contributed by atoms with Crippen LogP contribution in [0.5, 0.6) is 0 Å². The molecule has 3 fully saturated rings. The summed E-state index contributed by atoms with van der Waals surface area (Å²) in [7, 11) is 0. The van der Waals surface area contributed by atoms with Gasteiger partial charge in [-0.05, 0) is 37.5 Å². The van der Waals surface area contributed by atoms with Crippen molar-refractivity contribution in [3.05, 3.63) is 24.7 Å². The van der Waals surface area contributed by atoms with E-state index in [2.05, 4.69) is 20.3 Å². The third-order valence-corrected chi connectivity index (χ3v) is 6.54. The summed E-state index contributed by atoms with van der Waals surface area (Å²) in [5, 5.41) is 33.1. The number of aliphatic hydroxyl groups is 3. The zero-order valence-corrected chi connectivity index (χ0v) is 15.5. The summed E-state index contributed by atoms with van der Waals surface area (Å²) in [5.41, 5.74) is 1.12. The van der Waals surface area contributed by atoms with Gasteiger partial charge in [0, 0.05) is 6.04 Å². The second kappa shape index (κ2) is 6.89. The molecule has 4 N–H and O–H groups in total. The largest absolute Gasteiger partial charge is 0.512 e. The Bertz CT molecular complexity index is 878. The first-order valence-electron chi connectivity index (χ1n) is 9.98. The molecule has 3 aliphatic rings. The van der Waals surface area contributed by atoms with Crippen molar-refractivity contribution in [2.45, 2.75) is 63.0 Å². The zero-order valence-electron chi connectivity index (χ0n) is 15.5. The normalized spacial score (nSPS) is 29.8. The van der Waals surface area contributed by atoms with Crippen LogP contribution in [-0.4, -0.2) is 53.1 Å². The molecule has 0 bridgehead atoms. The monoisotopic (exact) mass is 387 g/mol. The van der Waals surface area contributed by atoms with E-state index in [9.17, 15) is 10.2 Å². The van der Waals surface area contributed by atoms with Crippen LogP contribution in [0.3, 0.4) is 0 Å². The second-order valence-electron chi connectivity index (χ2n) is 8.07. The number of fused-ring (bicyclic) bond motifs is 1. The number of hydrogen-bond acceptors (Lipinski definition) is 8. The van der Waals surface area contributed by atoms with Crippen LogP contribution in [0.25, 0.3) is 11.2 Å². The number of hydrogen-bond donors (Lipinski definition) is 4. The molecule has 2 aromatic heterocycles. The highest BCUT2D eigenvalue weighted by Crippen LogP contribution is 2.42. The first kappa shape index (κ1) is 17.7. The highest BCUT2D eigenvalue weighted by molar-refractivity contribution is 5.82. The molecule has 150 valence electrons. The van der Waals surface area contributed by atoms with Gasteiger partial charge in [0.2, 0.25) is 6.23 Å². The molecule has 0 radical (unpaired) electrons. The van der Waals surface area contributed by atoms with Gasteiger partial charge in [0.05, 0.1) is 0 Å². The lowest BCUT2D eigenvalue weighted by molar-refractivity contribution is -0.0121. The van der Waals surface area contributed by atoms with E-state index in [1.807, 2.05) is 0 Å². The maximum Gasteiger partial charge on any atom is 0.207 e. The summed E-state index contributed by atoms with van der Waals surface area (Å²) in [5.74, 6) is 1.98. The summed E-state index contributed by atoms with van der Waals surface area (Å²) >= 11 is 0. The van der Waals surface area contributed by atoms with E-state index in [4.69, 9.17) is 9.84 Å². The van der Waals surface area contributed by atoms with E-state index in [0.717, 1.165) is 0 Å². The summed E-state index contributed by atoms with van der Waals surface area (Å²) in [6.07, 6.45) is 7.82. The van der Waals surface area contributed by atoms with Gasteiger partial charge in [0.25, 0.3) is 0 Å². The molecule has 0 aromatic carbocycles. The Morgan fingerprint density at radius 3 is 2.39 bits per heavy atom. The van der Waals surface area contributed by atoms with Crippen LogP contribution in [0, 0.1) is 11.8 Å². The molecule has 0 amide bonds. The molecule has 9 heteroatoms. The van der Waals surface area contributed by atoms with Crippen LogP contribution in [0.4, 0.5) is 5.82 Å². The van der Waals surface area contributed by atoms with Crippen molar-refractivity contribution in [1.29, 1.82) is 0 Å². The first-order chi connectivity index (χ1) is 13.7.